The van der Waals surface area contributed by atoms with Gasteiger partial charge >= 0.3 is 0 Å². The zero-order chi connectivity index (χ0) is 27.5. The van der Waals surface area contributed by atoms with Crippen molar-refractivity contribution in [1.82, 2.24) is 25.3 Å². The van der Waals surface area contributed by atoms with E-state index in [0.29, 0.717) is 6.42 Å². The second kappa shape index (κ2) is 13.4. The number of terminal acetylenes is 1. The van der Waals surface area contributed by atoms with Gasteiger partial charge in [0.2, 0.25) is 0 Å². The van der Waals surface area contributed by atoms with Gasteiger partial charge in [-0.05, 0) is 72.0 Å². The summed E-state index contributed by atoms with van der Waals surface area (Å²) in [4.78, 5) is 17.0. The molecule has 6 nitrogen and oxygen atoms in total. The van der Waals surface area contributed by atoms with Gasteiger partial charge in [-0.1, -0.05) is 32.2 Å². The lowest BCUT2D eigenvalue weighted by molar-refractivity contribution is 0.921. The van der Waals surface area contributed by atoms with Gasteiger partial charge in [0.05, 0.1) is 17.2 Å². The number of anilines is 1. The largest absolute Gasteiger partial charge is 0.388 e. The molecule has 3 N–H and O–H groups in total. The molecule has 0 saturated carbocycles. The summed E-state index contributed by atoms with van der Waals surface area (Å²) in [6.07, 6.45) is 22.8. The number of aromatic nitrogens is 4. The number of nitrogens with zero attached hydrogens (tertiary/aromatic N) is 3. The fraction of sp³-hybridized carbons (Fsp3) is 0.156. The van der Waals surface area contributed by atoms with E-state index in [9.17, 15) is 0 Å². The molecule has 0 saturated heterocycles. The lowest BCUT2D eigenvalue weighted by atomic mass is 9.98. The average molecular weight is 503 g/mol. The Morgan fingerprint density at radius 1 is 1.11 bits per heavy atom. The van der Waals surface area contributed by atoms with E-state index in [4.69, 9.17) is 4.98 Å². The third kappa shape index (κ3) is 6.45. The van der Waals surface area contributed by atoms with E-state index in [1.54, 1.807) is 12.4 Å². The predicted molar refractivity (Wildman–Crippen MR) is 160 cm³/mol. The summed E-state index contributed by atoms with van der Waals surface area (Å²) in [5.41, 5.74) is 10.1. The van der Waals surface area contributed by atoms with Crippen LogP contribution < -0.4 is 10.6 Å². The number of benzene rings is 1. The number of nitrogens with one attached hydrogen (secondary N) is 3. The second-order valence-corrected chi connectivity index (χ2v) is 8.43. The Balaban J connectivity index is 0.00000195. The molecule has 0 fully saturated rings. The van der Waals surface area contributed by atoms with Crippen LogP contribution in [0.3, 0.4) is 0 Å². The predicted octanol–water partition coefficient (Wildman–Crippen LogP) is 6.89. The van der Waals surface area contributed by atoms with E-state index in [1.807, 2.05) is 44.6 Å². The van der Waals surface area contributed by atoms with Crippen LogP contribution in [0.15, 0.2) is 97.9 Å². The van der Waals surface area contributed by atoms with Gasteiger partial charge in [0.15, 0.2) is 0 Å². The fourth-order valence-corrected chi connectivity index (χ4v) is 4.09. The summed E-state index contributed by atoms with van der Waals surface area (Å²) >= 11 is 0. The number of hydrogen-bond donors (Lipinski definition) is 3. The lowest BCUT2D eigenvalue weighted by Crippen LogP contribution is -2.09. The minimum atomic E-state index is 0.647. The molecule has 0 aliphatic rings. The van der Waals surface area contributed by atoms with Crippen LogP contribution in [0.5, 0.6) is 0 Å². The number of allylic oxidation sites excluding steroid dienone is 5. The molecule has 38 heavy (non-hydrogen) atoms. The van der Waals surface area contributed by atoms with Crippen LogP contribution in [-0.2, 0) is 6.42 Å². The van der Waals surface area contributed by atoms with Crippen LogP contribution in [-0.4, -0.2) is 27.0 Å². The normalized spacial score (nSPS) is 11.4. The van der Waals surface area contributed by atoms with Gasteiger partial charge in [0.25, 0.3) is 0 Å². The number of hydrogen-bond acceptors (Lipinski definition) is 5. The van der Waals surface area contributed by atoms with Gasteiger partial charge in [-0.25, -0.2) is 4.98 Å². The van der Waals surface area contributed by atoms with E-state index < -0.39 is 0 Å². The molecule has 4 rings (SSSR count). The van der Waals surface area contributed by atoms with Gasteiger partial charge in [-0.15, -0.1) is 12.8 Å². The van der Waals surface area contributed by atoms with Crippen LogP contribution in [0.25, 0.3) is 27.7 Å². The van der Waals surface area contributed by atoms with Crippen LogP contribution >= 0.6 is 0 Å². The highest BCUT2D eigenvalue weighted by Crippen LogP contribution is 2.29. The average Bonchev–Trinajstić information content (AvgIpc) is 3.39. The Bertz CT molecular complexity index is 1490. The third-order valence-corrected chi connectivity index (χ3v) is 6.09. The van der Waals surface area contributed by atoms with Crippen molar-refractivity contribution in [2.75, 3.05) is 12.4 Å². The molecule has 3 heterocycles. The quantitative estimate of drug-likeness (QED) is 0.163. The highest BCUT2D eigenvalue weighted by atomic mass is 14.9. The standard InChI is InChI=1S/C30H32N6.C2H2/c1-6-20(4)34-25(8-3)16-21(7-2)23-9-10-27(31-5)24(15-23)17-29-35-28-19-33-18-26(30(28)36-29)22-11-13-32-14-12-22;1-2/h7-16,18-19,31,34H,3-4,6,17H2,1-2,5H3,(H,35,36);1-2H/b21-7+,25-16+;. The van der Waals surface area contributed by atoms with Gasteiger partial charge in [0, 0.05) is 54.7 Å². The van der Waals surface area contributed by atoms with Crippen molar-refractivity contribution < 1.29 is 0 Å². The Hall–Kier alpha value is -4.89. The first kappa shape index (κ1) is 27.7. The summed E-state index contributed by atoms with van der Waals surface area (Å²) in [5, 5.41) is 6.65. The topological polar surface area (TPSA) is 78.5 Å². The SMILES string of the molecule is C#C.C=C/C(=C\C(=C/C)c1ccc(NC)c(Cc2nc3c(-c4ccncc4)cncc3[nH]2)c1)NC(=C)CC. The van der Waals surface area contributed by atoms with Crippen molar-refractivity contribution >= 4 is 22.3 Å². The molecule has 1 aromatic carbocycles. The third-order valence-electron chi connectivity index (χ3n) is 6.09. The lowest BCUT2D eigenvalue weighted by Gasteiger charge is -2.13. The summed E-state index contributed by atoms with van der Waals surface area (Å²) in [7, 11) is 1.94. The van der Waals surface area contributed by atoms with Crippen molar-refractivity contribution in [2.24, 2.45) is 0 Å². The summed E-state index contributed by atoms with van der Waals surface area (Å²) < 4.78 is 0. The maximum absolute atomic E-state index is 4.95. The highest BCUT2D eigenvalue weighted by molar-refractivity contribution is 5.91. The summed E-state index contributed by atoms with van der Waals surface area (Å²) in [5.74, 6) is 0.882. The minimum Gasteiger partial charge on any atom is -0.388 e. The smallest absolute Gasteiger partial charge is 0.111 e. The number of pyridine rings is 2. The minimum absolute atomic E-state index is 0.647. The van der Waals surface area contributed by atoms with E-state index in [2.05, 4.69) is 88.9 Å². The molecule has 0 atom stereocenters. The number of rotatable bonds is 10. The zero-order valence-corrected chi connectivity index (χ0v) is 22.3. The molecule has 0 bridgehead atoms. The molecule has 0 spiro atoms. The van der Waals surface area contributed by atoms with E-state index in [0.717, 1.165) is 68.2 Å². The van der Waals surface area contributed by atoms with Gasteiger partial charge in [-0.2, -0.15) is 0 Å². The van der Waals surface area contributed by atoms with Crippen molar-refractivity contribution in [2.45, 2.75) is 26.7 Å². The zero-order valence-electron chi connectivity index (χ0n) is 22.3. The first-order valence-electron chi connectivity index (χ1n) is 12.4. The van der Waals surface area contributed by atoms with Crippen LogP contribution in [0.1, 0.15) is 37.2 Å². The summed E-state index contributed by atoms with van der Waals surface area (Å²) in [6.45, 7) is 12.1. The van der Waals surface area contributed by atoms with Crippen molar-refractivity contribution in [3.05, 3.63) is 115 Å². The Morgan fingerprint density at radius 3 is 2.53 bits per heavy atom. The molecular weight excluding hydrogens is 468 g/mol. The molecule has 192 valence electrons. The molecule has 4 aromatic rings. The van der Waals surface area contributed by atoms with Gasteiger partial charge in [-0.3, -0.25) is 9.97 Å². The van der Waals surface area contributed by atoms with Gasteiger partial charge in [0.1, 0.15) is 5.82 Å². The molecule has 0 aliphatic heterocycles. The first-order chi connectivity index (χ1) is 18.6. The van der Waals surface area contributed by atoms with Gasteiger partial charge < -0.3 is 15.6 Å². The maximum Gasteiger partial charge on any atom is 0.111 e. The molecular formula is C32H34N6. The van der Waals surface area contributed by atoms with Crippen LogP contribution in [0.2, 0.25) is 0 Å². The molecule has 3 aromatic heterocycles. The van der Waals surface area contributed by atoms with Crippen LogP contribution in [0, 0.1) is 12.8 Å². The van der Waals surface area contributed by atoms with E-state index in [-0.39, 0.29) is 0 Å². The molecule has 0 radical (unpaired) electrons. The summed E-state index contributed by atoms with van der Waals surface area (Å²) in [6, 6.07) is 10.4. The molecule has 0 unspecified atom stereocenters. The van der Waals surface area contributed by atoms with Crippen molar-refractivity contribution in [1.29, 1.82) is 0 Å². The van der Waals surface area contributed by atoms with Crippen molar-refractivity contribution in [3.63, 3.8) is 0 Å². The first-order valence-corrected chi connectivity index (χ1v) is 12.4. The van der Waals surface area contributed by atoms with Crippen molar-refractivity contribution in [3.8, 4) is 24.0 Å². The Morgan fingerprint density at radius 2 is 1.87 bits per heavy atom. The fourth-order valence-electron chi connectivity index (χ4n) is 4.09. The van der Waals surface area contributed by atoms with E-state index >= 15 is 0 Å². The Labute approximate surface area is 225 Å². The maximum atomic E-state index is 4.95. The number of H-pyrrole nitrogens is 1. The number of imidazole rings is 1. The Kier molecular flexibility index (Phi) is 9.79. The molecule has 6 heteroatoms. The highest BCUT2D eigenvalue weighted by Gasteiger charge is 2.13. The second-order valence-electron chi connectivity index (χ2n) is 8.43. The van der Waals surface area contributed by atoms with E-state index in [1.165, 1.54) is 0 Å². The molecule has 0 amide bonds. The van der Waals surface area contributed by atoms with Crippen LogP contribution in [0.4, 0.5) is 5.69 Å². The monoisotopic (exact) mass is 502 g/mol. The number of aromatic amines is 1. The number of fused-ring (bicyclic) bond motifs is 1. The molecule has 0 aliphatic carbocycles.